The molecule has 0 saturated carbocycles. The number of halogens is 3. The van der Waals surface area contributed by atoms with Gasteiger partial charge in [0.05, 0.1) is 57.0 Å². The number of carbonyl (C=O) groups is 1. The number of aromatic nitrogens is 3. The summed E-state index contributed by atoms with van der Waals surface area (Å²) in [7, 11) is 0. The highest BCUT2D eigenvalue weighted by molar-refractivity contribution is 5.88. The van der Waals surface area contributed by atoms with Gasteiger partial charge < -0.3 is 19.9 Å². The first-order valence-corrected chi connectivity index (χ1v) is 13.5. The van der Waals surface area contributed by atoms with Crippen LogP contribution in [0, 0.1) is 0 Å². The average Bonchev–Trinajstić information content (AvgIpc) is 2.97. The van der Waals surface area contributed by atoms with E-state index in [1.165, 1.54) is 19.1 Å². The van der Waals surface area contributed by atoms with Crippen molar-refractivity contribution < 1.29 is 22.7 Å². The topological polar surface area (TPSA) is 93.4 Å². The molecule has 3 aliphatic rings. The van der Waals surface area contributed by atoms with Gasteiger partial charge in [-0.25, -0.2) is 9.97 Å². The molecule has 1 aliphatic carbocycles. The van der Waals surface area contributed by atoms with Gasteiger partial charge >= 0.3 is 6.18 Å². The fourth-order valence-corrected chi connectivity index (χ4v) is 5.01. The molecule has 0 unspecified atom stereocenters. The zero-order valence-electron chi connectivity index (χ0n) is 22.7. The number of pyridine rings is 1. The molecule has 3 heterocycles. The molecule has 0 atom stereocenters. The van der Waals surface area contributed by atoms with Gasteiger partial charge in [-0.15, -0.1) is 0 Å². The Kier molecular flexibility index (Phi) is 7.34. The van der Waals surface area contributed by atoms with Crippen molar-refractivity contribution in [2.75, 3.05) is 23.8 Å². The Hall–Kier alpha value is -4.77. The van der Waals surface area contributed by atoms with Gasteiger partial charge in [-0.05, 0) is 73.5 Å². The van der Waals surface area contributed by atoms with E-state index in [4.69, 9.17) is 14.7 Å². The molecule has 8 nitrogen and oxygen atoms in total. The van der Waals surface area contributed by atoms with Crippen molar-refractivity contribution in [3.8, 4) is 17.1 Å². The van der Waals surface area contributed by atoms with E-state index in [0.29, 0.717) is 58.4 Å². The quantitative estimate of drug-likeness (QED) is 0.240. The van der Waals surface area contributed by atoms with Crippen molar-refractivity contribution in [3.63, 3.8) is 0 Å². The fraction of sp³-hybridized carbons (Fsp3) is 0.226. The number of nitrogens with zero attached hydrogens (tertiary/aromatic N) is 4. The Balaban J connectivity index is 1.53. The number of benzene rings is 3. The van der Waals surface area contributed by atoms with Gasteiger partial charge in [0.1, 0.15) is 5.82 Å². The zero-order chi connectivity index (χ0) is 29.3. The third-order valence-electron chi connectivity index (χ3n) is 7.01. The van der Waals surface area contributed by atoms with E-state index in [2.05, 4.69) is 15.6 Å². The smallest absolute Gasteiger partial charge is 0.381 e. The summed E-state index contributed by atoms with van der Waals surface area (Å²) in [6.07, 6.45) is -1.26. The SMILES string of the molecule is CC(=O)Nc1ccc(Nc2cc3nc4ccccc4n(-c4ccc(C(F)(F)F)cc4)c-3cc2=NC2CCOCC2)cn1. The molecule has 2 aliphatic heterocycles. The summed E-state index contributed by atoms with van der Waals surface area (Å²) in [4.78, 5) is 25.6. The van der Waals surface area contributed by atoms with E-state index in [0.717, 1.165) is 30.5 Å². The van der Waals surface area contributed by atoms with Crippen LogP contribution in [0.1, 0.15) is 25.3 Å². The summed E-state index contributed by atoms with van der Waals surface area (Å²) in [5, 5.41) is 6.72. The second-order valence-electron chi connectivity index (χ2n) is 10.0. The summed E-state index contributed by atoms with van der Waals surface area (Å²) >= 11 is 0. The van der Waals surface area contributed by atoms with Gasteiger partial charge in [0.25, 0.3) is 0 Å². The molecule has 1 aromatic heterocycles. The largest absolute Gasteiger partial charge is 0.416 e. The number of alkyl halides is 3. The lowest BCUT2D eigenvalue weighted by Crippen LogP contribution is -2.23. The van der Waals surface area contributed by atoms with Crippen LogP contribution in [0.5, 0.6) is 0 Å². The van der Waals surface area contributed by atoms with Gasteiger partial charge in [-0.3, -0.25) is 9.79 Å². The Morgan fingerprint density at radius 3 is 2.48 bits per heavy atom. The molecule has 1 amide bonds. The van der Waals surface area contributed by atoms with Crippen LogP contribution in [0.15, 0.2) is 84.0 Å². The molecule has 0 radical (unpaired) electrons. The molecule has 0 bridgehead atoms. The highest BCUT2D eigenvalue weighted by Gasteiger charge is 2.30. The number of fused-ring (bicyclic) bond motifs is 2. The van der Waals surface area contributed by atoms with Crippen molar-refractivity contribution in [2.24, 2.45) is 4.99 Å². The summed E-state index contributed by atoms with van der Waals surface area (Å²) in [6, 6.07) is 20.0. The van der Waals surface area contributed by atoms with E-state index < -0.39 is 11.7 Å². The number of amides is 1. The summed E-state index contributed by atoms with van der Waals surface area (Å²) < 4.78 is 47.4. The maximum Gasteiger partial charge on any atom is 0.416 e. The first kappa shape index (κ1) is 27.4. The van der Waals surface area contributed by atoms with E-state index >= 15 is 0 Å². The molecule has 0 spiro atoms. The van der Waals surface area contributed by atoms with Gasteiger partial charge in [0.2, 0.25) is 5.91 Å². The molecule has 2 aromatic carbocycles. The number of rotatable bonds is 5. The fourth-order valence-electron chi connectivity index (χ4n) is 5.01. The zero-order valence-corrected chi connectivity index (χ0v) is 22.7. The minimum atomic E-state index is -4.43. The van der Waals surface area contributed by atoms with E-state index in [1.54, 1.807) is 18.3 Å². The predicted molar refractivity (Wildman–Crippen MR) is 154 cm³/mol. The van der Waals surface area contributed by atoms with Crippen molar-refractivity contribution in [3.05, 3.63) is 89.9 Å². The van der Waals surface area contributed by atoms with Crippen LogP contribution in [0.4, 0.5) is 30.4 Å². The Labute approximate surface area is 239 Å². The molecule has 2 N–H and O–H groups in total. The van der Waals surface area contributed by atoms with E-state index in [9.17, 15) is 18.0 Å². The second-order valence-corrected chi connectivity index (χ2v) is 10.0. The van der Waals surface area contributed by atoms with Crippen LogP contribution in [-0.2, 0) is 15.7 Å². The Bertz CT molecular complexity index is 1780. The maximum atomic E-state index is 13.3. The van der Waals surface area contributed by atoms with Gasteiger partial charge in [-0.1, -0.05) is 12.1 Å². The summed E-state index contributed by atoms with van der Waals surface area (Å²) in [6.45, 7) is 2.66. The minimum Gasteiger partial charge on any atom is -0.381 e. The standard InChI is InChI=1S/C31H27F3N6O2/c1-19(41)36-30-11-8-22(18-35-30)38-25-16-27-29(17-26(25)37-21-12-14-42-15-13-21)40(28-5-3-2-4-24(28)39-27)23-9-6-20(7-10-23)31(32,33)34/h2-11,16-18,21,38H,12-15H2,1H3,(H,35,36,41). The summed E-state index contributed by atoms with van der Waals surface area (Å²) in [5.74, 6) is 0.222. The molecule has 11 heteroatoms. The van der Waals surface area contributed by atoms with Crippen LogP contribution < -0.4 is 16.0 Å². The predicted octanol–water partition coefficient (Wildman–Crippen LogP) is 6.33. The van der Waals surface area contributed by atoms with Crippen molar-refractivity contribution in [2.45, 2.75) is 32.0 Å². The lowest BCUT2D eigenvalue weighted by Gasteiger charge is -2.22. The van der Waals surface area contributed by atoms with Gasteiger partial charge in [-0.2, -0.15) is 13.2 Å². The number of anilines is 3. The van der Waals surface area contributed by atoms with Crippen LogP contribution in [0.3, 0.4) is 0 Å². The van der Waals surface area contributed by atoms with Gasteiger partial charge in [0, 0.05) is 25.8 Å². The molecule has 42 heavy (non-hydrogen) atoms. The second kappa shape index (κ2) is 11.2. The number of carbonyl (C=O) groups excluding carboxylic acids is 1. The molecular formula is C31H27F3N6O2. The lowest BCUT2D eigenvalue weighted by molar-refractivity contribution is -0.137. The number of para-hydroxylation sites is 2. The Morgan fingerprint density at radius 1 is 1.02 bits per heavy atom. The number of ether oxygens (including phenoxy) is 1. The normalized spacial score (nSPS) is 14.8. The van der Waals surface area contributed by atoms with Crippen LogP contribution in [0.25, 0.3) is 28.1 Å². The van der Waals surface area contributed by atoms with E-state index in [1.807, 2.05) is 41.0 Å². The number of hydrogen-bond acceptors (Lipinski definition) is 6. The molecule has 214 valence electrons. The Morgan fingerprint density at radius 2 is 1.79 bits per heavy atom. The highest BCUT2D eigenvalue weighted by atomic mass is 19.4. The van der Waals surface area contributed by atoms with Crippen LogP contribution >= 0.6 is 0 Å². The summed E-state index contributed by atoms with van der Waals surface area (Å²) in [5.41, 5.74) is 4.00. The average molecular weight is 573 g/mol. The number of nitrogens with one attached hydrogen (secondary N) is 2. The third-order valence-corrected chi connectivity index (χ3v) is 7.01. The molecule has 1 saturated heterocycles. The maximum absolute atomic E-state index is 13.3. The monoisotopic (exact) mass is 572 g/mol. The van der Waals surface area contributed by atoms with Crippen LogP contribution in [-0.4, -0.2) is 39.7 Å². The first-order valence-electron chi connectivity index (χ1n) is 13.5. The third kappa shape index (κ3) is 5.82. The molecule has 1 fully saturated rings. The molecule has 3 aromatic rings. The minimum absolute atomic E-state index is 0.0463. The van der Waals surface area contributed by atoms with E-state index in [-0.39, 0.29) is 11.9 Å². The van der Waals surface area contributed by atoms with Crippen molar-refractivity contribution >= 4 is 34.1 Å². The molecule has 6 rings (SSSR count). The molecular weight excluding hydrogens is 545 g/mol. The van der Waals surface area contributed by atoms with Crippen LogP contribution in [0.2, 0.25) is 0 Å². The van der Waals surface area contributed by atoms with Gasteiger partial charge in [0.15, 0.2) is 0 Å². The number of hydrogen-bond donors (Lipinski definition) is 2. The van der Waals surface area contributed by atoms with Crippen molar-refractivity contribution in [1.82, 2.24) is 14.5 Å². The highest BCUT2D eigenvalue weighted by Crippen LogP contribution is 2.33. The first-order chi connectivity index (χ1) is 20.2. The van der Waals surface area contributed by atoms with Crippen molar-refractivity contribution in [1.29, 1.82) is 0 Å². The lowest BCUT2D eigenvalue weighted by atomic mass is 10.1.